The monoisotopic (exact) mass is 315 g/mol. The zero-order valence-corrected chi connectivity index (χ0v) is 10.6. The molecule has 2 atom stereocenters. The Kier molecular flexibility index (Phi) is 4.93. The van der Waals surface area contributed by atoms with Gasteiger partial charge in [0.05, 0.1) is 11.9 Å². The smallest absolute Gasteiger partial charge is 0.321 e. The predicted molar refractivity (Wildman–Crippen MR) is 65.7 cm³/mol. The Morgan fingerprint density at radius 2 is 2.17 bits per heavy atom. The molecule has 18 heavy (non-hydrogen) atoms. The van der Waals surface area contributed by atoms with Gasteiger partial charge in [0.15, 0.2) is 0 Å². The highest BCUT2D eigenvalue weighted by atomic mass is 79.9. The number of nitrogens with two attached hydrogens (primary N) is 1. The second-order valence-corrected chi connectivity index (χ2v) is 4.32. The molecule has 8 heteroatoms. The Balaban J connectivity index is 2.80. The van der Waals surface area contributed by atoms with Crippen LogP contribution >= 0.6 is 15.9 Å². The molecule has 96 valence electrons. The summed E-state index contributed by atoms with van der Waals surface area (Å²) >= 11 is 3.16. The number of hydrogen-bond acceptors (Lipinski definition) is 5. The molecule has 0 aliphatic rings. The van der Waals surface area contributed by atoms with Gasteiger partial charge in [-0.05, 0) is 22.0 Å². The van der Waals surface area contributed by atoms with Crippen molar-refractivity contribution in [2.24, 2.45) is 11.7 Å². The molecule has 0 aliphatic heterocycles. The first-order chi connectivity index (χ1) is 8.45. The summed E-state index contributed by atoms with van der Waals surface area (Å²) in [4.78, 5) is 36.8. The lowest BCUT2D eigenvalue weighted by molar-refractivity contribution is -0.143. The van der Waals surface area contributed by atoms with Gasteiger partial charge < -0.3 is 21.0 Å². The van der Waals surface area contributed by atoms with Crippen molar-refractivity contribution < 1.29 is 19.5 Å². The molecule has 0 fully saturated rings. The average molecular weight is 316 g/mol. The molecule has 1 aromatic rings. The number of carboxylic acids is 1. The number of nitrogens with one attached hydrogen (secondary N) is 1. The van der Waals surface area contributed by atoms with E-state index in [1.165, 1.54) is 12.4 Å². The highest BCUT2D eigenvalue weighted by Gasteiger charge is 2.30. The number of aliphatic carboxylic acids is 1. The number of aldehydes is 1. The van der Waals surface area contributed by atoms with E-state index in [0.717, 1.165) is 0 Å². The van der Waals surface area contributed by atoms with Crippen molar-refractivity contribution >= 4 is 39.8 Å². The van der Waals surface area contributed by atoms with E-state index in [-0.39, 0.29) is 6.29 Å². The van der Waals surface area contributed by atoms with Crippen molar-refractivity contribution in [1.82, 2.24) is 4.98 Å². The molecule has 1 aromatic heterocycles. The molecule has 0 spiro atoms. The molecule has 7 nitrogen and oxygen atoms in total. The largest absolute Gasteiger partial charge is 0.480 e. The first-order valence-corrected chi connectivity index (χ1v) is 5.60. The van der Waals surface area contributed by atoms with Gasteiger partial charge in [-0.25, -0.2) is 0 Å². The zero-order chi connectivity index (χ0) is 13.7. The normalized spacial score (nSPS) is 13.4. The molecule has 1 amide bonds. The summed E-state index contributed by atoms with van der Waals surface area (Å²) in [6.07, 6.45) is 3.08. The Labute approximate surface area is 111 Å². The molecule has 0 saturated carbocycles. The van der Waals surface area contributed by atoms with E-state index >= 15 is 0 Å². The number of hydrogen-bond donors (Lipinski definition) is 3. The van der Waals surface area contributed by atoms with Crippen molar-refractivity contribution in [2.75, 3.05) is 5.32 Å². The molecule has 2 unspecified atom stereocenters. The van der Waals surface area contributed by atoms with Gasteiger partial charge in [0.1, 0.15) is 18.2 Å². The number of rotatable bonds is 5. The molecule has 4 N–H and O–H groups in total. The molecule has 0 radical (unpaired) electrons. The van der Waals surface area contributed by atoms with E-state index in [9.17, 15) is 14.4 Å². The van der Waals surface area contributed by atoms with Crippen molar-refractivity contribution in [3.8, 4) is 0 Å². The van der Waals surface area contributed by atoms with Crippen LogP contribution in [-0.2, 0) is 14.4 Å². The molecule has 1 rings (SSSR count). The van der Waals surface area contributed by atoms with E-state index < -0.39 is 23.8 Å². The van der Waals surface area contributed by atoms with Crippen LogP contribution in [0.3, 0.4) is 0 Å². The second-order valence-electron chi connectivity index (χ2n) is 3.41. The predicted octanol–water partition coefficient (Wildman–Crippen LogP) is 0.00960. The Hall–Kier alpha value is -1.80. The maximum Gasteiger partial charge on any atom is 0.321 e. The van der Waals surface area contributed by atoms with Crippen molar-refractivity contribution in [3.63, 3.8) is 0 Å². The van der Waals surface area contributed by atoms with Gasteiger partial charge >= 0.3 is 5.97 Å². The second kappa shape index (κ2) is 6.22. The fraction of sp³-hybridized carbons (Fsp3) is 0.200. The van der Waals surface area contributed by atoms with E-state index in [4.69, 9.17) is 10.8 Å². The zero-order valence-electron chi connectivity index (χ0n) is 9.04. The third-order valence-corrected chi connectivity index (χ3v) is 2.53. The summed E-state index contributed by atoms with van der Waals surface area (Å²) in [5.74, 6) is -3.67. The topological polar surface area (TPSA) is 122 Å². The van der Waals surface area contributed by atoms with Crippen LogP contribution < -0.4 is 11.1 Å². The number of carbonyl (C=O) groups excluding carboxylic acids is 2. The molecule has 0 saturated heterocycles. The fourth-order valence-electron chi connectivity index (χ4n) is 1.17. The minimum atomic E-state index is -1.58. The average Bonchev–Trinajstić information content (AvgIpc) is 2.29. The van der Waals surface area contributed by atoms with Crippen LogP contribution in [0.4, 0.5) is 5.69 Å². The van der Waals surface area contributed by atoms with Crippen LogP contribution in [0.15, 0.2) is 22.9 Å². The van der Waals surface area contributed by atoms with Crippen molar-refractivity contribution in [2.45, 2.75) is 6.04 Å². The van der Waals surface area contributed by atoms with Crippen molar-refractivity contribution in [3.05, 3.63) is 22.9 Å². The summed E-state index contributed by atoms with van der Waals surface area (Å²) in [6.45, 7) is 0. The van der Waals surface area contributed by atoms with E-state index in [2.05, 4.69) is 26.2 Å². The van der Waals surface area contributed by atoms with Crippen LogP contribution in [0, 0.1) is 5.92 Å². The van der Waals surface area contributed by atoms with Crippen molar-refractivity contribution in [1.29, 1.82) is 0 Å². The van der Waals surface area contributed by atoms with Gasteiger partial charge in [-0.15, -0.1) is 0 Å². The fourth-order valence-corrected chi connectivity index (χ4v) is 1.53. The molecular weight excluding hydrogens is 306 g/mol. The molecular formula is C10H10BrN3O4. The van der Waals surface area contributed by atoms with E-state index in [0.29, 0.717) is 10.2 Å². The minimum Gasteiger partial charge on any atom is -0.480 e. The quantitative estimate of drug-likeness (QED) is 0.519. The maximum absolute atomic E-state index is 11.7. The van der Waals surface area contributed by atoms with Gasteiger partial charge in [-0.2, -0.15) is 0 Å². The molecule has 0 bridgehead atoms. The first kappa shape index (κ1) is 14.3. The number of carboxylic acid groups (broad SMARTS) is 1. The van der Waals surface area contributed by atoms with E-state index in [1.54, 1.807) is 6.07 Å². The number of halogens is 1. The lowest BCUT2D eigenvalue weighted by Gasteiger charge is -2.14. The molecule has 1 heterocycles. The number of nitrogens with zero attached hydrogens (tertiary/aromatic N) is 1. The summed E-state index contributed by atoms with van der Waals surface area (Å²) in [7, 11) is 0. The van der Waals surface area contributed by atoms with Crippen LogP contribution in [0.25, 0.3) is 0 Å². The maximum atomic E-state index is 11.7. The third-order valence-electron chi connectivity index (χ3n) is 2.09. The number of carbonyl (C=O) groups is 3. The molecule has 0 aliphatic carbocycles. The highest BCUT2D eigenvalue weighted by molar-refractivity contribution is 9.10. The van der Waals surface area contributed by atoms with E-state index in [1.807, 2.05) is 0 Å². The lowest BCUT2D eigenvalue weighted by Crippen LogP contribution is -2.45. The van der Waals surface area contributed by atoms with Gasteiger partial charge in [-0.1, -0.05) is 0 Å². The van der Waals surface area contributed by atoms with Crippen LogP contribution in [0.2, 0.25) is 0 Å². The summed E-state index contributed by atoms with van der Waals surface area (Å²) in [5.41, 5.74) is 5.57. The van der Waals surface area contributed by atoms with Crippen LogP contribution in [0.1, 0.15) is 0 Å². The van der Waals surface area contributed by atoms with Crippen LogP contribution in [-0.4, -0.2) is 34.3 Å². The van der Waals surface area contributed by atoms with Gasteiger partial charge in [0.25, 0.3) is 0 Å². The highest BCUT2D eigenvalue weighted by Crippen LogP contribution is 2.14. The van der Waals surface area contributed by atoms with Crippen LogP contribution in [0.5, 0.6) is 0 Å². The molecule has 0 aromatic carbocycles. The third kappa shape index (κ3) is 3.60. The SMILES string of the molecule is NC(C(=O)O)C(C=O)C(=O)Nc1cncc(Br)c1. The number of pyridine rings is 1. The summed E-state index contributed by atoms with van der Waals surface area (Å²) in [6, 6.07) is -0.0263. The minimum absolute atomic E-state index is 0.208. The first-order valence-electron chi connectivity index (χ1n) is 4.80. The number of amides is 1. The Morgan fingerprint density at radius 1 is 1.50 bits per heavy atom. The summed E-state index contributed by atoms with van der Waals surface area (Å²) in [5, 5.41) is 11.0. The number of aromatic nitrogens is 1. The van der Waals surface area contributed by atoms with Gasteiger partial charge in [-0.3, -0.25) is 14.6 Å². The Morgan fingerprint density at radius 3 is 2.67 bits per heavy atom. The van der Waals surface area contributed by atoms with Gasteiger partial charge in [0, 0.05) is 10.7 Å². The van der Waals surface area contributed by atoms with Gasteiger partial charge in [0.2, 0.25) is 5.91 Å². The standard InChI is InChI=1S/C10H10BrN3O4/c11-5-1-6(3-13-2-5)14-9(16)7(4-15)8(12)10(17)18/h1-4,7-8H,12H2,(H,14,16)(H,17,18). The summed E-state index contributed by atoms with van der Waals surface area (Å²) < 4.78 is 0.630. The number of anilines is 1. The lowest BCUT2D eigenvalue weighted by atomic mass is 10.0. The Bertz CT molecular complexity index is 480.